The Kier molecular flexibility index (Phi) is 6.92. The maximum atomic E-state index is 12.8. The van der Waals surface area contributed by atoms with Crippen molar-refractivity contribution in [3.05, 3.63) is 65.0 Å². The van der Waals surface area contributed by atoms with Gasteiger partial charge in [0, 0.05) is 12.1 Å². The molecule has 2 aromatic carbocycles. The highest BCUT2D eigenvalue weighted by molar-refractivity contribution is 7.92. The van der Waals surface area contributed by atoms with Crippen molar-refractivity contribution in [2.45, 2.75) is 4.90 Å². The number of nitrogens with zero attached hydrogens (tertiary/aromatic N) is 2. The molecule has 10 heteroatoms. The third kappa shape index (κ3) is 5.36. The minimum atomic E-state index is -3.92. The Labute approximate surface area is 178 Å². The van der Waals surface area contributed by atoms with Gasteiger partial charge in [-0.25, -0.2) is 18.4 Å². The van der Waals surface area contributed by atoms with Crippen LogP contribution in [0.15, 0.2) is 59.8 Å². The molecular weight excluding hydrogens is 437 g/mol. The molecule has 7 nitrogen and oxygen atoms in total. The number of sulfonamides is 1. The average Bonchev–Trinajstić information content (AvgIpc) is 2.70. The lowest BCUT2D eigenvalue weighted by atomic mass is 10.1. The van der Waals surface area contributed by atoms with Gasteiger partial charge in [0.1, 0.15) is 23.8 Å². The van der Waals surface area contributed by atoms with Crippen molar-refractivity contribution in [1.82, 2.24) is 9.97 Å². The monoisotopic (exact) mass is 453 g/mol. The standard InChI is InChI=1S/C19H17Cl2N3O4S/c1-27-10-11-28-15-6-8-16(9-7-15)29(25,26)24-19-17(18(21)22-12-23-19)13-2-4-14(20)5-3-13/h2-9,12H,10-11H2,1H3,(H,22,23,24). The molecule has 1 N–H and O–H groups in total. The maximum Gasteiger partial charge on any atom is 0.263 e. The van der Waals surface area contributed by atoms with Crippen LogP contribution in [0.25, 0.3) is 11.1 Å². The zero-order valence-corrected chi connectivity index (χ0v) is 17.6. The van der Waals surface area contributed by atoms with Crippen molar-refractivity contribution >= 4 is 39.0 Å². The van der Waals surface area contributed by atoms with Crippen molar-refractivity contribution in [2.24, 2.45) is 0 Å². The molecule has 0 spiro atoms. The Balaban J connectivity index is 1.87. The smallest absolute Gasteiger partial charge is 0.263 e. The van der Waals surface area contributed by atoms with Crippen LogP contribution in [-0.2, 0) is 14.8 Å². The second kappa shape index (κ2) is 9.41. The van der Waals surface area contributed by atoms with Crippen LogP contribution in [-0.4, -0.2) is 38.7 Å². The second-order valence-corrected chi connectivity index (χ2v) is 8.29. The van der Waals surface area contributed by atoms with Gasteiger partial charge in [-0.1, -0.05) is 35.3 Å². The minimum Gasteiger partial charge on any atom is -0.491 e. The van der Waals surface area contributed by atoms with Gasteiger partial charge in [-0.05, 0) is 42.0 Å². The first kappa shape index (κ1) is 21.3. The van der Waals surface area contributed by atoms with Gasteiger partial charge in [0.25, 0.3) is 10.0 Å². The summed E-state index contributed by atoms with van der Waals surface area (Å²) in [5.41, 5.74) is 0.980. The summed E-state index contributed by atoms with van der Waals surface area (Å²) in [5, 5.41) is 0.651. The zero-order chi connectivity index (χ0) is 20.9. The van der Waals surface area contributed by atoms with Gasteiger partial charge in [-0.15, -0.1) is 0 Å². The van der Waals surface area contributed by atoms with E-state index in [1.807, 2.05) is 0 Å². The Morgan fingerprint density at radius 1 is 0.966 bits per heavy atom. The summed E-state index contributed by atoms with van der Waals surface area (Å²) < 4.78 is 38.5. The van der Waals surface area contributed by atoms with Crippen LogP contribution in [0.5, 0.6) is 5.75 Å². The van der Waals surface area contributed by atoms with E-state index in [0.29, 0.717) is 35.1 Å². The predicted molar refractivity (Wildman–Crippen MR) is 112 cm³/mol. The summed E-state index contributed by atoms with van der Waals surface area (Å²) in [6.45, 7) is 0.800. The van der Waals surface area contributed by atoms with Crippen LogP contribution in [0.2, 0.25) is 10.2 Å². The third-order valence-corrected chi connectivity index (χ3v) is 5.75. The number of benzene rings is 2. The molecule has 152 valence electrons. The van der Waals surface area contributed by atoms with Gasteiger partial charge in [-0.3, -0.25) is 4.72 Å². The quantitative estimate of drug-likeness (QED) is 0.404. The summed E-state index contributed by atoms with van der Waals surface area (Å²) in [4.78, 5) is 8.06. The fourth-order valence-corrected chi connectivity index (χ4v) is 3.85. The molecule has 0 fully saturated rings. The molecule has 0 saturated carbocycles. The summed E-state index contributed by atoms with van der Waals surface area (Å²) in [7, 11) is -2.34. The number of anilines is 1. The second-order valence-electron chi connectivity index (χ2n) is 5.81. The number of ether oxygens (including phenoxy) is 2. The lowest BCUT2D eigenvalue weighted by Gasteiger charge is -2.13. The van der Waals surface area contributed by atoms with E-state index in [4.69, 9.17) is 32.7 Å². The van der Waals surface area contributed by atoms with E-state index in [1.54, 1.807) is 43.5 Å². The van der Waals surface area contributed by atoms with Crippen LogP contribution in [0, 0.1) is 0 Å². The lowest BCUT2D eigenvalue weighted by Crippen LogP contribution is -2.15. The van der Waals surface area contributed by atoms with Crippen molar-refractivity contribution in [3.63, 3.8) is 0 Å². The van der Waals surface area contributed by atoms with E-state index >= 15 is 0 Å². The molecule has 0 aliphatic carbocycles. The van der Waals surface area contributed by atoms with Gasteiger partial charge in [-0.2, -0.15) is 0 Å². The minimum absolute atomic E-state index is 0.0494. The van der Waals surface area contributed by atoms with Crippen molar-refractivity contribution < 1.29 is 17.9 Å². The van der Waals surface area contributed by atoms with Gasteiger partial charge < -0.3 is 9.47 Å². The molecule has 0 radical (unpaired) electrons. The molecule has 0 saturated heterocycles. The maximum absolute atomic E-state index is 12.8. The van der Waals surface area contributed by atoms with Crippen LogP contribution in [0.1, 0.15) is 0 Å². The van der Waals surface area contributed by atoms with E-state index in [9.17, 15) is 8.42 Å². The number of aromatic nitrogens is 2. The van der Waals surface area contributed by atoms with Crippen molar-refractivity contribution in [2.75, 3.05) is 25.0 Å². The molecule has 0 atom stereocenters. The molecular formula is C19H17Cl2N3O4S. The van der Waals surface area contributed by atoms with Crippen molar-refractivity contribution in [3.8, 4) is 16.9 Å². The molecule has 0 amide bonds. The van der Waals surface area contributed by atoms with Gasteiger partial charge in [0.15, 0.2) is 5.82 Å². The molecule has 0 aliphatic rings. The molecule has 1 aromatic heterocycles. The van der Waals surface area contributed by atoms with E-state index in [2.05, 4.69) is 14.7 Å². The number of hydrogen-bond donors (Lipinski definition) is 1. The molecule has 29 heavy (non-hydrogen) atoms. The first-order valence-corrected chi connectivity index (χ1v) is 10.7. The van der Waals surface area contributed by atoms with Crippen LogP contribution in [0.4, 0.5) is 5.82 Å². The fraction of sp³-hybridized carbons (Fsp3) is 0.158. The Hall–Kier alpha value is -2.39. The summed E-state index contributed by atoms with van der Waals surface area (Å²) in [6.07, 6.45) is 1.19. The predicted octanol–water partition coefficient (Wildman–Crippen LogP) is 4.28. The number of nitrogens with one attached hydrogen (secondary N) is 1. The Morgan fingerprint density at radius 3 is 2.31 bits per heavy atom. The highest BCUT2D eigenvalue weighted by atomic mass is 35.5. The zero-order valence-electron chi connectivity index (χ0n) is 15.3. The van der Waals surface area contributed by atoms with Crippen LogP contribution >= 0.6 is 23.2 Å². The van der Waals surface area contributed by atoms with Crippen molar-refractivity contribution in [1.29, 1.82) is 0 Å². The number of rotatable bonds is 8. The van der Waals surface area contributed by atoms with E-state index in [1.165, 1.54) is 18.5 Å². The SMILES string of the molecule is COCCOc1ccc(S(=O)(=O)Nc2ncnc(Cl)c2-c2ccc(Cl)cc2)cc1. The molecule has 0 unspecified atom stereocenters. The van der Waals surface area contributed by atoms with Gasteiger partial charge in [0.2, 0.25) is 0 Å². The molecule has 0 bridgehead atoms. The normalized spacial score (nSPS) is 11.3. The fourth-order valence-electron chi connectivity index (χ4n) is 2.46. The molecule has 3 rings (SSSR count). The van der Waals surface area contributed by atoms with Crippen LogP contribution in [0.3, 0.4) is 0 Å². The van der Waals surface area contributed by atoms with Crippen LogP contribution < -0.4 is 9.46 Å². The van der Waals surface area contributed by atoms with Gasteiger partial charge in [0.05, 0.1) is 17.1 Å². The average molecular weight is 454 g/mol. The molecule has 1 heterocycles. The topological polar surface area (TPSA) is 90.4 Å². The highest BCUT2D eigenvalue weighted by Gasteiger charge is 2.20. The summed E-state index contributed by atoms with van der Waals surface area (Å²) in [5.74, 6) is 0.598. The third-order valence-electron chi connectivity index (χ3n) is 3.86. The van der Waals surface area contributed by atoms with Gasteiger partial charge >= 0.3 is 0 Å². The molecule has 0 aliphatic heterocycles. The molecule has 3 aromatic rings. The summed E-state index contributed by atoms with van der Waals surface area (Å²) in [6, 6.07) is 12.8. The highest BCUT2D eigenvalue weighted by Crippen LogP contribution is 2.33. The first-order chi connectivity index (χ1) is 13.9. The Morgan fingerprint density at radius 2 is 1.66 bits per heavy atom. The lowest BCUT2D eigenvalue weighted by molar-refractivity contribution is 0.146. The van der Waals surface area contributed by atoms with E-state index < -0.39 is 10.0 Å². The number of methoxy groups -OCH3 is 1. The number of hydrogen-bond acceptors (Lipinski definition) is 6. The van der Waals surface area contributed by atoms with E-state index in [-0.39, 0.29) is 15.9 Å². The van der Waals surface area contributed by atoms with E-state index in [0.717, 1.165) is 0 Å². The first-order valence-electron chi connectivity index (χ1n) is 8.42. The largest absolute Gasteiger partial charge is 0.491 e. The number of halogens is 2. The summed E-state index contributed by atoms with van der Waals surface area (Å²) >= 11 is 12.1. The Bertz CT molecular complexity index is 1080.